The number of carboxylic acids is 1. The Morgan fingerprint density at radius 2 is 1.48 bits per heavy atom. The van der Waals surface area contributed by atoms with Crippen LogP contribution in [0.3, 0.4) is 0 Å². The standard InChI is InChI=1S/C16H33NO5S/c1-15(2,13-14(18)19)9-5-7-11-22-12-8-6-10-16(3,4)23(17,20)21/h5-13H2,1-4H3,(H,18,19)(H2,17,20,21). The number of primary sulfonamides is 1. The van der Waals surface area contributed by atoms with Crippen LogP contribution in [-0.2, 0) is 19.6 Å². The highest BCUT2D eigenvalue weighted by molar-refractivity contribution is 7.90. The molecule has 6 nitrogen and oxygen atoms in total. The van der Waals surface area contributed by atoms with E-state index in [1.165, 1.54) is 0 Å². The molecular weight excluding hydrogens is 318 g/mol. The van der Waals surface area contributed by atoms with Crippen molar-refractivity contribution in [2.45, 2.75) is 77.4 Å². The second-order valence-electron chi connectivity index (χ2n) is 7.57. The highest BCUT2D eigenvalue weighted by atomic mass is 32.2. The first kappa shape index (κ1) is 22.3. The molecule has 3 N–H and O–H groups in total. The monoisotopic (exact) mass is 351 g/mol. The average Bonchev–Trinajstić information content (AvgIpc) is 2.33. The third kappa shape index (κ3) is 10.7. The lowest BCUT2D eigenvalue weighted by molar-refractivity contribution is -0.139. The van der Waals surface area contributed by atoms with E-state index in [1.54, 1.807) is 13.8 Å². The van der Waals surface area contributed by atoms with E-state index in [1.807, 2.05) is 13.8 Å². The quantitative estimate of drug-likeness (QED) is 0.496. The number of unbranched alkanes of at least 4 members (excludes halogenated alkanes) is 2. The van der Waals surface area contributed by atoms with Crippen LogP contribution in [0.2, 0.25) is 0 Å². The molecule has 0 amide bonds. The lowest BCUT2D eigenvalue weighted by atomic mass is 9.84. The number of ether oxygens (including phenoxy) is 1. The van der Waals surface area contributed by atoms with E-state index in [4.69, 9.17) is 15.0 Å². The Morgan fingerprint density at radius 3 is 1.91 bits per heavy atom. The third-order valence-electron chi connectivity index (χ3n) is 4.11. The van der Waals surface area contributed by atoms with Gasteiger partial charge >= 0.3 is 5.97 Å². The van der Waals surface area contributed by atoms with Gasteiger partial charge in [-0.25, -0.2) is 13.6 Å². The number of carbonyl (C=O) groups is 1. The van der Waals surface area contributed by atoms with Crippen molar-refractivity contribution in [1.82, 2.24) is 0 Å². The molecule has 0 radical (unpaired) electrons. The lowest BCUT2D eigenvalue weighted by Gasteiger charge is -2.22. The van der Waals surface area contributed by atoms with Crippen LogP contribution in [0, 0.1) is 5.41 Å². The molecule has 7 heteroatoms. The van der Waals surface area contributed by atoms with Crippen molar-refractivity contribution in [1.29, 1.82) is 0 Å². The third-order valence-corrected chi connectivity index (χ3v) is 5.85. The van der Waals surface area contributed by atoms with Crippen molar-refractivity contribution >= 4 is 16.0 Å². The zero-order chi connectivity index (χ0) is 18.1. The molecule has 0 aromatic rings. The van der Waals surface area contributed by atoms with Crippen molar-refractivity contribution in [3.8, 4) is 0 Å². The molecule has 0 bridgehead atoms. The Labute approximate surface area is 140 Å². The molecule has 0 aromatic carbocycles. The topological polar surface area (TPSA) is 107 Å². The summed E-state index contributed by atoms with van der Waals surface area (Å²) in [6.45, 7) is 8.48. The molecule has 0 atom stereocenters. The van der Waals surface area contributed by atoms with Gasteiger partial charge in [-0.3, -0.25) is 4.79 Å². The number of aliphatic carboxylic acids is 1. The van der Waals surface area contributed by atoms with E-state index in [-0.39, 0.29) is 11.8 Å². The predicted molar refractivity (Wildman–Crippen MR) is 91.7 cm³/mol. The molecule has 23 heavy (non-hydrogen) atoms. The molecule has 0 aliphatic heterocycles. The first-order valence-corrected chi connectivity index (χ1v) is 9.74. The van der Waals surface area contributed by atoms with Crippen LogP contribution in [0.4, 0.5) is 0 Å². The first-order chi connectivity index (χ1) is 10.4. The molecule has 0 unspecified atom stereocenters. The maximum absolute atomic E-state index is 11.3. The van der Waals surface area contributed by atoms with Crippen molar-refractivity contribution in [3.05, 3.63) is 0 Å². The Morgan fingerprint density at radius 1 is 1.00 bits per heavy atom. The molecule has 0 fully saturated rings. The molecule has 0 heterocycles. The van der Waals surface area contributed by atoms with Crippen LogP contribution >= 0.6 is 0 Å². The van der Waals surface area contributed by atoms with Crippen LogP contribution in [0.25, 0.3) is 0 Å². The summed E-state index contributed by atoms with van der Waals surface area (Å²) in [6, 6.07) is 0. The Balaban J connectivity index is 3.63. The van der Waals surface area contributed by atoms with Gasteiger partial charge in [-0.05, 0) is 51.4 Å². The summed E-state index contributed by atoms with van der Waals surface area (Å²) >= 11 is 0. The van der Waals surface area contributed by atoms with E-state index in [0.29, 0.717) is 19.6 Å². The Hall–Kier alpha value is -0.660. The highest BCUT2D eigenvalue weighted by Gasteiger charge is 2.30. The SMILES string of the molecule is CC(C)(CCCCOCCCCC(C)(C)S(N)(=O)=O)CC(=O)O. The van der Waals surface area contributed by atoms with Crippen molar-refractivity contribution in [2.24, 2.45) is 10.6 Å². The predicted octanol–water partition coefficient (Wildman–Crippen LogP) is 2.91. The molecule has 0 rings (SSSR count). The number of rotatable bonds is 13. The van der Waals surface area contributed by atoms with Crippen LogP contribution in [0.5, 0.6) is 0 Å². The second kappa shape index (κ2) is 9.59. The smallest absolute Gasteiger partial charge is 0.303 e. The Kier molecular flexibility index (Phi) is 9.32. The van der Waals surface area contributed by atoms with E-state index in [0.717, 1.165) is 32.1 Å². The van der Waals surface area contributed by atoms with Crippen LogP contribution in [-0.4, -0.2) is 37.5 Å². The van der Waals surface area contributed by atoms with Gasteiger partial charge in [0.2, 0.25) is 10.0 Å². The minimum atomic E-state index is -3.51. The fourth-order valence-electron chi connectivity index (χ4n) is 2.30. The van der Waals surface area contributed by atoms with Gasteiger partial charge in [-0.1, -0.05) is 20.3 Å². The summed E-state index contributed by atoms with van der Waals surface area (Å²) in [5.74, 6) is -0.756. The van der Waals surface area contributed by atoms with E-state index < -0.39 is 20.7 Å². The number of sulfonamides is 1. The van der Waals surface area contributed by atoms with E-state index in [9.17, 15) is 13.2 Å². The fraction of sp³-hybridized carbons (Fsp3) is 0.938. The largest absolute Gasteiger partial charge is 0.481 e. The Bertz CT molecular complexity index is 457. The molecular formula is C16H33NO5S. The average molecular weight is 352 g/mol. The summed E-state index contributed by atoms with van der Waals surface area (Å²) in [5.41, 5.74) is -0.175. The summed E-state index contributed by atoms with van der Waals surface area (Å²) in [4.78, 5) is 10.7. The molecule has 0 spiro atoms. The molecule has 0 aliphatic carbocycles. The van der Waals surface area contributed by atoms with E-state index >= 15 is 0 Å². The lowest BCUT2D eigenvalue weighted by Crippen LogP contribution is -2.37. The number of hydrogen-bond donors (Lipinski definition) is 2. The van der Waals surface area contributed by atoms with Crippen molar-refractivity contribution in [2.75, 3.05) is 13.2 Å². The van der Waals surface area contributed by atoms with Crippen LogP contribution in [0.1, 0.15) is 72.6 Å². The summed E-state index contributed by atoms with van der Waals surface area (Å²) in [6.07, 6.45) is 5.00. The van der Waals surface area contributed by atoms with Gasteiger partial charge in [0.1, 0.15) is 0 Å². The van der Waals surface area contributed by atoms with Crippen molar-refractivity contribution < 1.29 is 23.1 Å². The maximum atomic E-state index is 11.3. The van der Waals surface area contributed by atoms with Gasteiger partial charge in [0, 0.05) is 13.2 Å². The zero-order valence-electron chi connectivity index (χ0n) is 14.9. The molecule has 138 valence electrons. The fourth-order valence-corrected chi connectivity index (χ4v) is 2.73. The summed E-state index contributed by atoms with van der Waals surface area (Å²) in [7, 11) is -3.51. The number of carboxylic acid groups (broad SMARTS) is 1. The second-order valence-corrected chi connectivity index (χ2v) is 9.76. The summed E-state index contributed by atoms with van der Waals surface area (Å²) in [5, 5.41) is 14.0. The normalized spacial score (nSPS) is 13.3. The van der Waals surface area contributed by atoms with Gasteiger partial charge in [0.15, 0.2) is 0 Å². The zero-order valence-corrected chi connectivity index (χ0v) is 15.7. The molecule has 0 saturated heterocycles. The van der Waals surface area contributed by atoms with Crippen LogP contribution < -0.4 is 5.14 Å². The van der Waals surface area contributed by atoms with Gasteiger partial charge in [-0.15, -0.1) is 0 Å². The number of hydrogen-bond acceptors (Lipinski definition) is 4. The summed E-state index contributed by atoms with van der Waals surface area (Å²) < 4.78 is 27.3. The van der Waals surface area contributed by atoms with Gasteiger partial charge in [0.25, 0.3) is 0 Å². The highest BCUT2D eigenvalue weighted by Crippen LogP contribution is 2.27. The van der Waals surface area contributed by atoms with Crippen molar-refractivity contribution in [3.63, 3.8) is 0 Å². The van der Waals surface area contributed by atoms with Gasteiger partial charge in [-0.2, -0.15) is 0 Å². The molecule has 0 aliphatic rings. The van der Waals surface area contributed by atoms with Gasteiger partial charge < -0.3 is 9.84 Å². The minimum absolute atomic E-state index is 0.175. The first-order valence-electron chi connectivity index (χ1n) is 8.19. The number of nitrogens with two attached hydrogens (primary N) is 1. The van der Waals surface area contributed by atoms with Crippen LogP contribution in [0.15, 0.2) is 0 Å². The van der Waals surface area contributed by atoms with Gasteiger partial charge in [0.05, 0.1) is 11.2 Å². The minimum Gasteiger partial charge on any atom is -0.481 e. The maximum Gasteiger partial charge on any atom is 0.303 e. The molecule has 0 aromatic heterocycles. The van der Waals surface area contributed by atoms with E-state index in [2.05, 4.69) is 0 Å². The molecule has 0 saturated carbocycles.